The van der Waals surface area contributed by atoms with Gasteiger partial charge in [-0.2, -0.15) is 0 Å². The zero-order valence-corrected chi connectivity index (χ0v) is 16.4. The minimum atomic E-state index is -0.0833. The molecule has 0 atom stereocenters. The van der Waals surface area contributed by atoms with Crippen LogP contribution in [0.2, 0.25) is 5.02 Å². The van der Waals surface area contributed by atoms with Crippen LogP contribution >= 0.6 is 11.6 Å². The van der Waals surface area contributed by atoms with Crippen molar-refractivity contribution in [2.24, 2.45) is 5.92 Å². The van der Waals surface area contributed by atoms with Gasteiger partial charge in [0.2, 0.25) is 5.91 Å². The number of anilines is 1. The molecule has 1 saturated carbocycles. The van der Waals surface area contributed by atoms with Crippen LogP contribution in [0.1, 0.15) is 42.5 Å². The number of benzene rings is 1. The molecule has 2 fully saturated rings. The Hall–Kier alpha value is -1.79. The van der Waals surface area contributed by atoms with E-state index in [2.05, 4.69) is 10.6 Å². The van der Waals surface area contributed by atoms with Crippen molar-refractivity contribution in [3.63, 3.8) is 0 Å². The molecule has 0 aromatic heterocycles. The molecule has 1 aliphatic carbocycles. The lowest BCUT2D eigenvalue weighted by molar-refractivity contribution is -0.119. The number of carbonyl (C=O) groups is 2. The number of rotatable bonds is 6. The summed E-state index contributed by atoms with van der Waals surface area (Å²) in [5.74, 6) is 0.507. The van der Waals surface area contributed by atoms with Gasteiger partial charge in [0.15, 0.2) is 0 Å². The summed E-state index contributed by atoms with van der Waals surface area (Å²) in [6, 6.07) is 5.19. The van der Waals surface area contributed by atoms with Gasteiger partial charge in [0.1, 0.15) is 0 Å². The molecular formula is C20H28ClN3O3. The Morgan fingerprint density at radius 3 is 2.59 bits per heavy atom. The van der Waals surface area contributed by atoms with Crippen molar-refractivity contribution in [2.75, 3.05) is 44.7 Å². The van der Waals surface area contributed by atoms with E-state index in [4.69, 9.17) is 16.3 Å². The molecule has 7 heteroatoms. The lowest BCUT2D eigenvalue weighted by atomic mass is 9.89. The fraction of sp³-hybridized carbons (Fsp3) is 0.600. The summed E-state index contributed by atoms with van der Waals surface area (Å²) >= 11 is 6.30. The number of hydrogen-bond donors (Lipinski definition) is 2. The molecule has 6 nitrogen and oxygen atoms in total. The summed E-state index contributed by atoms with van der Waals surface area (Å²) in [4.78, 5) is 26.3. The van der Waals surface area contributed by atoms with Crippen molar-refractivity contribution in [3.05, 3.63) is 28.8 Å². The van der Waals surface area contributed by atoms with Crippen LogP contribution in [0.5, 0.6) is 0 Å². The first kappa shape index (κ1) is 20.0. The molecule has 1 aromatic carbocycles. The van der Waals surface area contributed by atoms with Gasteiger partial charge < -0.3 is 20.3 Å². The third-order valence-electron chi connectivity index (χ3n) is 5.26. The van der Waals surface area contributed by atoms with E-state index in [0.717, 1.165) is 12.2 Å². The molecule has 148 valence electrons. The summed E-state index contributed by atoms with van der Waals surface area (Å²) in [6.07, 6.45) is 6.28. The van der Waals surface area contributed by atoms with Crippen molar-refractivity contribution < 1.29 is 14.3 Å². The third-order valence-corrected chi connectivity index (χ3v) is 5.58. The van der Waals surface area contributed by atoms with Crippen LogP contribution in [0.15, 0.2) is 18.2 Å². The maximum Gasteiger partial charge on any atom is 0.255 e. The van der Waals surface area contributed by atoms with Gasteiger partial charge >= 0.3 is 0 Å². The summed E-state index contributed by atoms with van der Waals surface area (Å²) < 4.78 is 5.27. The molecule has 2 aliphatic rings. The number of amides is 2. The molecule has 2 amide bonds. The highest BCUT2D eigenvalue weighted by atomic mass is 35.5. The van der Waals surface area contributed by atoms with Gasteiger partial charge in [-0.15, -0.1) is 0 Å². The Balaban J connectivity index is 1.46. The molecule has 2 N–H and O–H groups in total. The quantitative estimate of drug-likeness (QED) is 0.779. The smallest absolute Gasteiger partial charge is 0.255 e. The SMILES string of the molecule is O=C(CNc1ccc(C(=O)N2CCOCC2)c(Cl)c1)NCC1CCCCC1. The zero-order chi connectivity index (χ0) is 19.1. The minimum absolute atomic E-state index is 0.0230. The number of halogens is 1. The molecule has 0 spiro atoms. The van der Waals surface area contributed by atoms with Gasteiger partial charge in [0, 0.05) is 25.3 Å². The van der Waals surface area contributed by atoms with Gasteiger partial charge in [0.25, 0.3) is 5.91 Å². The van der Waals surface area contributed by atoms with E-state index < -0.39 is 0 Å². The second-order valence-electron chi connectivity index (χ2n) is 7.26. The predicted molar refractivity (Wildman–Crippen MR) is 106 cm³/mol. The summed E-state index contributed by atoms with van der Waals surface area (Å²) in [5, 5.41) is 6.47. The number of morpholine rings is 1. The van der Waals surface area contributed by atoms with Crippen molar-refractivity contribution in [3.8, 4) is 0 Å². The normalized spacial score (nSPS) is 18.2. The van der Waals surface area contributed by atoms with Crippen LogP contribution in [0.3, 0.4) is 0 Å². The van der Waals surface area contributed by atoms with Gasteiger partial charge in [-0.05, 0) is 37.0 Å². The number of carbonyl (C=O) groups excluding carboxylic acids is 2. The fourth-order valence-electron chi connectivity index (χ4n) is 3.63. The zero-order valence-electron chi connectivity index (χ0n) is 15.6. The van der Waals surface area contributed by atoms with Crippen molar-refractivity contribution in [1.29, 1.82) is 0 Å². The van der Waals surface area contributed by atoms with E-state index in [1.165, 1.54) is 32.1 Å². The third kappa shape index (κ3) is 5.84. The van der Waals surface area contributed by atoms with Gasteiger partial charge in [0.05, 0.1) is 30.3 Å². The Bertz CT molecular complexity index is 656. The second-order valence-corrected chi connectivity index (χ2v) is 7.67. The number of hydrogen-bond acceptors (Lipinski definition) is 4. The molecule has 0 unspecified atom stereocenters. The standard InChI is InChI=1S/C20H28ClN3O3/c21-18-12-16(6-7-17(18)20(26)24-8-10-27-11-9-24)22-14-19(25)23-13-15-4-2-1-3-5-15/h6-7,12,15,22H,1-5,8-11,13-14H2,(H,23,25). The van der Waals surface area contributed by atoms with Crippen LogP contribution in [-0.2, 0) is 9.53 Å². The van der Waals surface area contributed by atoms with Crippen LogP contribution in [0.4, 0.5) is 5.69 Å². The summed E-state index contributed by atoms with van der Waals surface area (Å²) in [5.41, 5.74) is 1.21. The van der Waals surface area contributed by atoms with Crippen molar-refractivity contribution in [1.82, 2.24) is 10.2 Å². The minimum Gasteiger partial charge on any atom is -0.378 e. The first-order chi connectivity index (χ1) is 13.1. The fourth-order valence-corrected chi connectivity index (χ4v) is 3.89. The average molecular weight is 394 g/mol. The van der Waals surface area contributed by atoms with Crippen molar-refractivity contribution >= 4 is 29.1 Å². The highest BCUT2D eigenvalue weighted by molar-refractivity contribution is 6.34. The molecule has 1 aromatic rings. The topological polar surface area (TPSA) is 70.7 Å². The maximum absolute atomic E-state index is 12.5. The number of nitrogens with one attached hydrogen (secondary N) is 2. The summed E-state index contributed by atoms with van der Waals surface area (Å²) in [7, 11) is 0. The van der Waals surface area contributed by atoms with E-state index in [1.54, 1.807) is 23.1 Å². The van der Waals surface area contributed by atoms with E-state index in [1.807, 2.05) is 0 Å². The molecule has 27 heavy (non-hydrogen) atoms. The predicted octanol–water partition coefficient (Wildman–Crippen LogP) is 2.92. The number of nitrogens with zero attached hydrogens (tertiary/aromatic N) is 1. The Labute approximate surface area is 165 Å². The Morgan fingerprint density at radius 1 is 1.15 bits per heavy atom. The van der Waals surface area contributed by atoms with Gasteiger partial charge in [-0.25, -0.2) is 0 Å². The first-order valence-corrected chi connectivity index (χ1v) is 10.2. The van der Waals surface area contributed by atoms with Crippen LogP contribution in [0, 0.1) is 5.92 Å². The van der Waals surface area contributed by atoms with E-state index >= 15 is 0 Å². The van der Waals surface area contributed by atoms with Crippen LogP contribution < -0.4 is 10.6 Å². The van der Waals surface area contributed by atoms with E-state index in [0.29, 0.717) is 42.8 Å². The van der Waals surface area contributed by atoms with Crippen LogP contribution in [-0.4, -0.2) is 56.1 Å². The van der Waals surface area contributed by atoms with Crippen LogP contribution in [0.25, 0.3) is 0 Å². The van der Waals surface area contributed by atoms with E-state index in [9.17, 15) is 9.59 Å². The molecule has 3 rings (SSSR count). The summed E-state index contributed by atoms with van der Waals surface area (Å²) in [6.45, 7) is 3.22. The van der Waals surface area contributed by atoms with Gasteiger partial charge in [-0.3, -0.25) is 9.59 Å². The highest BCUT2D eigenvalue weighted by Gasteiger charge is 2.21. The first-order valence-electron chi connectivity index (χ1n) is 9.80. The monoisotopic (exact) mass is 393 g/mol. The molecule has 1 saturated heterocycles. The molecular weight excluding hydrogens is 366 g/mol. The van der Waals surface area contributed by atoms with Gasteiger partial charge in [-0.1, -0.05) is 30.9 Å². The highest BCUT2D eigenvalue weighted by Crippen LogP contribution is 2.24. The van der Waals surface area contributed by atoms with E-state index in [-0.39, 0.29) is 18.4 Å². The molecule has 1 aliphatic heterocycles. The molecule has 0 bridgehead atoms. The Kier molecular flexibility index (Phi) is 7.35. The second kappa shape index (κ2) is 9.95. The van der Waals surface area contributed by atoms with Crippen molar-refractivity contribution in [2.45, 2.75) is 32.1 Å². The molecule has 0 radical (unpaired) electrons. The Morgan fingerprint density at radius 2 is 1.89 bits per heavy atom. The largest absolute Gasteiger partial charge is 0.378 e. The molecule has 1 heterocycles. The lowest BCUT2D eigenvalue weighted by Gasteiger charge is -2.27. The lowest BCUT2D eigenvalue weighted by Crippen LogP contribution is -2.40. The number of ether oxygens (including phenoxy) is 1. The average Bonchev–Trinajstić information content (AvgIpc) is 2.72. The maximum atomic E-state index is 12.5.